The average molecular weight is 1050 g/mol. The Morgan fingerprint density at radius 3 is 1.24 bits per heavy atom. The van der Waals surface area contributed by atoms with Gasteiger partial charge in [0.05, 0.1) is 47.0 Å². The number of rotatable bonds is 18. The fourth-order valence-corrected chi connectivity index (χ4v) is 7.44. The molecule has 3 heterocycles. The summed E-state index contributed by atoms with van der Waals surface area (Å²) in [6.07, 6.45) is -11.0. The van der Waals surface area contributed by atoms with Crippen LogP contribution in [0.4, 0.5) is 58.7 Å². The van der Waals surface area contributed by atoms with E-state index in [1.807, 2.05) is 0 Å². The minimum atomic E-state index is -5.04. The summed E-state index contributed by atoms with van der Waals surface area (Å²) in [6.45, 7) is 10.5. The Morgan fingerprint density at radius 2 is 0.919 bits per heavy atom. The zero-order valence-corrected chi connectivity index (χ0v) is 41.8. The highest BCUT2D eigenvalue weighted by Crippen LogP contribution is 2.44. The average Bonchev–Trinajstić information content (AvgIpc) is 3.97. The van der Waals surface area contributed by atoms with E-state index in [-0.39, 0.29) is 65.0 Å². The maximum atomic E-state index is 14.5. The molecule has 0 unspecified atom stereocenters. The van der Waals surface area contributed by atoms with Crippen LogP contribution in [0.15, 0.2) is 36.7 Å². The normalized spacial score (nSPS) is 16.1. The highest BCUT2D eigenvalue weighted by Gasteiger charge is 2.38. The second-order valence-electron chi connectivity index (χ2n) is 19.5. The lowest BCUT2D eigenvalue weighted by Gasteiger charge is -2.25. The maximum Gasteiger partial charge on any atom is 0.416 e. The van der Waals surface area contributed by atoms with E-state index in [2.05, 4.69) is 31.2 Å². The van der Waals surface area contributed by atoms with E-state index in [0.717, 1.165) is 12.4 Å². The predicted octanol–water partition coefficient (Wildman–Crippen LogP) is 7.93. The third-order valence-corrected chi connectivity index (χ3v) is 10.9. The van der Waals surface area contributed by atoms with Crippen LogP contribution in [-0.2, 0) is 31.4 Å². The van der Waals surface area contributed by atoms with Crippen LogP contribution in [0.1, 0.15) is 125 Å². The monoisotopic (exact) mass is 1050 g/mol. The van der Waals surface area contributed by atoms with Crippen molar-refractivity contribution in [1.29, 1.82) is 0 Å². The lowest BCUT2D eigenvalue weighted by Crippen LogP contribution is -2.36. The number of anilines is 4. The molecule has 3 aromatic rings. The van der Waals surface area contributed by atoms with Gasteiger partial charge in [-0.15, -0.1) is 0 Å². The van der Waals surface area contributed by atoms with Gasteiger partial charge in [-0.25, -0.2) is 19.6 Å². The molecule has 406 valence electrons. The molecule has 26 heteroatoms. The summed E-state index contributed by atoms with van der Waals surface area (Å²) in [5, 5.41) is 9.49. The summed E-state index contributed by atoms with van der Waals surface area (Å²) in [4.78, 5) is 90.3. The van der Waals surface area contributed by atoms with Gasteiger partial charge in [0, 0.05) is 44.8 Å². The van der Waals surface area contributed by atoms with Crippen molar-refractivity contribution in [2.45, 2.75) is 129 Å². The van der Waals surface area contributed by atoms with E-state index < -0.39 is 128 Å². The van der Waals surface area contributed by atoms with Crippen LogP contribution in [0, 0.1) is 0 Å². The molecule has 2 aliphatic rings. The topological polar surface area (TPSA) is 272 Å². The molecule has 2 saturated heterocycles. The number of likely N-dealkylation sites (tertiary alicyclic amines) is 2. The number of nitrogens with two attached hydrogens (primary N) is 2. The second kappa shape index (κ2) is 24.4. The first kappa shape index (κ1) is 57.9. The number of carbonyl (C=O) groups is 6. The second-order valence-corrected chi connectivity index (χ2v) is 19.5. The van der Waals surface area contributed by atoms with Gasteiger partial charge in [-0.3, -0.25) is 19.2 Å². The molecule has 1 aromatic heterocycles. The van der Waals surface area contributed by atoms with E-state index in [4.69, 9.17) is 30.4 Å². The van der Waals surface area contributed by atoms with Crippen LogP contribution in [0.25, 0.3) is 0 Å². The van der Waals surface area contributed by atoms with Crippen LogP contribution in [0.3, 0.4) is 0 Å². The number of nitrogens with zero attached hydrogens (tertiary/aromatic N) is 4. The minimum absolute atomic E-state index is 0.0932. The van der Waals surface area contributed by atoms with Crippen molar-refractivity contribution < 1.29 is 74.1 Å². The summed E-state index contributed by atoms with van der Waals surface area (Å²) < 4.78 is 110. The molecular formula is C48H62F6N10O10. The Labute approximate surface area is 422 Å². The molecule has 8 N–H and O–H groups in total. The standard InChI is InChI=1S/C48H62F6N10O10/c1-45(2,3)73-43(69)63-17-13-29(24-63)71-39-31(59-37(65)11-7-9-15-55)19-27(47(49,50)51)21-33(39)61-41(67)35-23-36(58-26-57-35)42(68)62-34-22-28(48(52,53)54)20-32(60-38(66)12-8-10-16-56)40(34)72-30-14-18-64(25-30)44(70)74-46(4,5)6/h19-23,26,29-30H,7-18,24-25,55-56H2,1-6H3,(H,59,65)(H,60,66)(H,61,67)(H,62,68)/t29-,30-/m1/s1. The van der Waals surface area contributed by atoms with Gasteiger partial charge in [-0.2, -0.15) is 26.3 Å². The first-order chi connectivity index (χ1) is 34.5. The van der Waals surface area contributed by atoms with Gasteiger partial charge in [0.25, 0.3) is 11.8 Å². The predicted molar refractivity (Wildman–Crippen MR) is 258 cm³/mol. The SMILES string of the molecule is CC(C)(C)OC(=O)N1CC[C@@H](Oc2c(NC(=O)CCCCN)cc(C(F)(F)F)cc2NC(=O)c2cc(C(=O)Nc3cc(C(F)(F)F)cc(NC(=O)CCCCN)c3O[C@@H]3CCN(C(=O)OC(C)(C)C)C3)ncn2)C1. The number of alkyl halides is 6. The van der Waals surface area contributed by atoms with E-state index in [1.165, 1.54) is 9.80 Å². The van der Waals surface area contributed by atoms with Crippen molar-refractivity contribution in [2.24, 2.45) is 11.5 Å². The molecule has 0 saturated carbocycles. The Hall–Kier alpha value is -6.96. The number of hydrogen-bond acceptors (Lipinski definition) is 14. The number of carbonyl (C=O) groups excluding carboxylic acids is 6. The lowest BCUT2D eigenvalue weighted by atomic mass is 10.1. The minimum Gasteiger partial charge on any atom is -0.484 e. The van der Waals surface area contributed by atoms with Crippen molar-refractivity contribution >= 4 is 58.6 Å². The molecule has 2 aromatic carbocycles. The number of unbranched alkanes of at least 4 members (excludes halogenated alkanes) is 2. The first-order valence-corrected chi connectivity index (χ1v) is 23.8. The van der Waals surface area contributed by atoms with E-state index in [1.54, 1.807) is 41.5 Å². The van der Waals surface area contributed by atoms with Crippen LogP contribution in [-0.4, -0.2) is 118 Å². The maximum absolute atomic E-state index is 14.5. The summed E-state index contributed by atoms with van der Waals surface area (Å²) in [5.74, 6) is -4.71. The number of aromatic nitrogens is 2. The highest BCUT2D eigenvalue weighted by molar-refractivity contribution is 6.09. The van der Waals surface area contributed by atoms with Crippen LogP contribution < -0.4 is 42.2 Å². The fraction of sp³-hybridized carbons (Fsp3) is 0.542. The summed E-state index contributed by atoms with van der Waals surface area (Å²) in [5.41, 5.74) is 3.33. The van der Waals surface area contributed by atoms with E-state index in [0.29, 0.717) is 49.9 Å². The number of nitrogens with one attached hydrogen (secondary N) is 4. The Bertz CT molecular complexity index is 2370. The van der Waals surface area contributed by atoms with Gasteiger partial charge >= 0.3 is 24.5 Å². The molecule has 5 rings (SSSR count). The van der Waals surface area contributed by atoms with Crippen LogP contribution >= 0.6 is 0 Å². The Balaban J connectivity index is 1.50. The summed E-state index contributed by atoms with van der Waals surface area (Å²) >= 11 is 0. The molecule has 0 radical (unpaired) electrons. The summed E-state index contributed by atoms with van der Waals surface area (Å²) in [6, 6.07) is 3.14. The lowest BCUT2D eigenvalue weighted by molar-refractivity contribution is -0.138. The molecule has 2 fully saturated rings. The van der Waals surface area contributed by atoms with Gasteiger partial charge in [0.1, 0.15) is 41.1 Å². The van der Waals surface area contributed by atoms with Gasteiger partial charge in [-0.05, 0) is 105 Å². The van der Waals surface area contributed by atoms with E-state index >= 15 is 0 Å². The highest BCUT2D eigenvalue weighted by atomic mass is 19.4. The van der Waals surface area contributed by atoms with Crippen LogP contribution in [0.5, 0.6) is 11.5 Å². The molecule has 2 atom stereocenters. The molecule has 74 heavy (non-hydrogen) atoms. The van der Waals surface area contributed by atoms with Crippen molar-refractivity contribution in [3.8, 4) is 11.5 Å². The molecular weight excluding hydrogens is 991 g/mol. The van der Waals surface area contributed by atoms with Crippen molar-refractivity contribution in [2.75, 3.05) is 60.5 Å². The summed E-state index contributed by atoms with van der Waals surface area (Å²) in [7, 11) is 0. The molecule has 0 bridgehead atoms. The van der Waals surface area contributed by atoms with Crippen LogP contribution in [0.2, 0.25) is 0 Å². The largest absolute Gasteiger partial charge is 0.484 e. The fourth-order valence-electron chi connectivity index (χ4n) is 7.44. The van der Waals surface area contributed by atoms with Crippen molar-refractivity contribution in [3.63, 3.8) is 0 Å². The van der Waals surface area contributed by atoms with Gasteiger partial charge < -0.3 is 61.5 Å². The smallest absolute Gasteiger partial charge is 0.416 e. The molecule has 0 spiro atoms. The quantitative estimate of drug-likeness (QED) is 0.0522. The first-order valence-electron chi connectivity index (χ1n) is 23.8. The number of hydrogen-bond donors (Lipinski definition) is 6. The zero-order chi connectivity index (χ0) is 54.8. The number of halogens is 6. The van der Waals surface area contributed by atoms with E-state index in [9.17, 15) is 55.1 Å². The van der Waals surface area contributed by atoms with Crippen molar-refractivity contribution in [3.05, 3.63) is 59.2 Å². The molecule has 20 nitrogen and oxygen atoms in total. The molecule has 6 amide bonds. The number of amides is 6. The van der Waals surface area contributed by atoms with Gasteiger partial charge in [0.2, 0.25) is 11.8 Å². The number of ether oxygens (including phenoxy) is 4. The Kier molecular flexibility index (Phi) is 19.1. The van der Waals surface area contributed by atoms with Crippen molar-refractivity contribution in [1.82, 2.24) is 19.8 Å². The molecule has 2 aliphatic heterocycles. The zero-order valence-electron chi connectivity index (χ0n) is 41.8. The third-order valence-electron chi connectivity index (χ3n) is 10.9. The number of benzene rings is 2. The van der Waals surface area contributed by atoms with Gasteiger partial charge in [0.15, 0.2) is 11.5 Å². The Morgan fingerprint density at radius 1 is 0.568 bits per heavy atom. The van der Waals surface area contributed by atoms with Gasteiger partial charge in [-0.1, -0.05) is 0 Å². The molecule has 0 aliphatic carbocycles. The third kappa shape index (κ3) is 17.1.